The Morgan fingerprint density at radius 2 is 1.71 bits per heavy atom. The summed E-state index contributed by atoms with van der Waals surface area (Å²) in [6.07, 6.45) is 8.60. The Kier molecular flexibility index (Phi) is 10.3. The molecule has 0 spiro atoms. The van der Waals surface area contributed by atoms with Gasteiger partial charge in [0, 0.05) is 11.1 Å². The smallest absolute Gasteiger partial charge is 0.136 e. The Bertz CT molecular complexity index is 571. The third-order valence-electron chi connectivity index (χ3n) is 3.90. The molecule has 3 heteroatoms. The summed E-state index contributed by atoms with van der Waals surface area (Å²) in [5.74, 6) is 0.971. The number of hydrogen-bond acceptors (Lipinski definition) is 3. The Labute approximate surface area is 151 Å². The van der Waals surface area contributed by atoms with Crippen molar-refractivity contribution in [1.29, 1.82) is 0 Å². The SMILES string of the molecule is CCCC(CCC)c1ccccc1.CCc1cnc(CC(C)=O)s1. The zero-order valence-electron chi connectivity index (χ0n) is 15.5. The molecule has 0 bridgehead atoms. The summed E-state index contributed by atoms with van der Waals surface area (Å²) in [4.78, 5) is 16.1. The molecular formula is C21H31NOS. The van der Waals surface area contributed by atoms with Crippen molar-refractivity contribution in [2.45, 2.75) is 72.1 Å². The monoisotopic (exact) mass is 345 g/mol. The van der Waals surface area contributed by atoms with Gasteiger partial charge in [0.1, 0.15) is 10.8 Å². The second-order valence-corrected chi connectivity index (χ2v) is 7.34. The van der Waals surface area contributed by atoms with Crippen LogP contribution in [0.1, 0.15) is 74.7 Å². The van der Waals surface area contributed by atoms with Crippen molar-refractivity contribution in [2.24, 2.45) is 0 Å². The van der Waals surface area contributed by atoms with Gasteiger partial charge >= 0.3 is 0 Å². The average Bonchev–Trinajstić information content (AvgIpc) is 3.03. The van der Waals surface area contributed by atoms with E-state index in [0.29, 0.717) is 6.42 Å². The Hall–Kier alpha value is -1.48. The second kappa shape index (κ2) is 12.0. The highest BCUT2D eigenvalue weighted by atomic mass is 32.1. The molecule has 0 aliphatic carbocycles. The van der Waals surface area contributed by atoms with Crippen LogP contribution in [-0.2, 0) is 17.6 Å². The summed E-state index contributed by atoms with van der Waals surface area (Å²) in [5.41, 5.74) is 1.52. The van der Waals surface area contributed by atoms with Crippen LogP contribution >= 0.6 is 11.3 Å². The average molecular weight is 346 g/mol. The fourth-order valence-electron chi connectivity index (χ4n) is 2.71. The largest absolute Gasteiger partial charge is 0.300 e. The standard InChI is InChI=1S/C13H20.C8H11NOS/c1-3-8-12(9-4-2)13-10-6-5-7-11-13;1-3-7-5-9-8(11-7)4-6(2)10/h5-7,10-12H,3-4,8-9H2,1-2H3;5H,3-4H2,1-2H3. The van der Waals surface area contributed by atoms with Crippen LogP contribution in [0, 0.1) is 0 Å². The van der Waals surface area contributed by atoms with Gasteiger partial charge in [0.25, 0.3) is 0 Å². The maximum atomic E-state index is 10.7. The minimum Gasteiger partial charge on any atom is -0.300 e. The maximum absolute atomic E-state index is 10.7. The van der Waals surface area contributed by atoms with Gasteiger partial charge in [-0.1, -0.05) is 63.9 Å². The number of Topliss-reactive ketones (excluding diaryl/α,β-unsaturated/α-hetero) is 1. The lowest BCUT2D eigenvalue weighted by molar-refractivity contribution is -0.116. The maximum Gasteiger partial charge on any atom is 0.136 e. The third-order valence-corrected chi connectivity index (χ3v) is 5.04. The highest BCUT2D eigenvalue weighted by Crippen LogP contribution is 2.25. The first-order valence-corrected chi connectivity index (χ1v) is 9.90. The van der Waals surface area contributed by atoms with Gasteiger partial charge < -0.3 is 0 Å². The van der Waals surface area contributed by atoms with E-state index in [-0.39, 0.29) is 5.78 Å². The van der Waals surface area contributed by atoms with Gasteiger partial charge in [0.15, 0.2) is 0 Å². The summed E-state index contributed by atoms with van der Waals surface area (Å²) in [6.45, 7) is 8.22. The van der Waals surface area contributed by atoms with Crippen LogP contribution in [0.4, 0.5) is 0 Å². The van der Waals surface area contributed by atoms with E-state index < -0.39 is 0 Å². The van der Waals surface area contributed by atoms with E-state index in [1.54, 1.807) is 18.3 Å². The number of nitrogens with zero attached hydrogens (tertiary/aromatic N) is 1. The molecule has 1 heterocycles. The molecule has 0 atom stereocenters. The molecule has 2 nitrogen and oxygen atoms in total. The number of ketones is 1. The molecule has 0 saturated carbocycles. The van der Waals surface area contributed by atoms with Gasteiger partial charge in [-0.2, -0.15) is 0 Å². The fraction of sp³-hybridized carbons (Fsp3) is 0.524. The lowest BCUT2D eigenvalue weighted by Crippen LogP contribution is -1.97. The molecule has 0 aliphatic rings. The van der Waals surface area contributed by atoms with E-state index in [2.05, 4.69) is 56.1 Å². The molecule has 0 saturated heterocycles. The molecule has 2 aromatic rings. The first-order valence-electron chi connectivity index (χ1n) is 9.08. The molecular weight excluding hydrogens is 314 g/mol. The van der Waals surface area contributed by atoms with Crippen molar-refractivity contribution >= 4 is 17.1 Å². The van der Waals surface area contributed by atoms with Crippen LogP contribution in [0.5, 0.6) is 0 Å². The zero-order valence-corrected chi connectivity index (χ0v) is 16.4. The van der Waals surface area contributed by atoms with E-state index in [9.17, 15) is 4.79 Å². The number of aromatic nitrogens is 1. The predicted molar refractivity (Wildman–Crippen MR) is 105 cm³/mol. The molecule has 0 radical (unpaired) electrons. The molecule has 1 aromatic heterocycles. The first-order chi connectivity index (χ1) is 11.6. The normalized spacial score (nSPS) is 10.4. The van der Waals surface area contributed by atoms with Crippen LogP contribution in [0.15, 0.2) is 36.5 Å². The topological polar surface area (TPSA) is 30.0 Å². The van der Waals surface area contributed by atoms with Gasteiger partial charge in [-0.15, -0.1) is 11.3 Å². The quantitative estimate of drug-likeness (QED) is 0.569. The van der Waals surface area contributed by atoms with E-state index in [1.165, 1.54) is 36.1 Å². The van der Waals surface area contributed by atoms with Crippen molar-refractivity contribution in [2.75, 3.05) is 0 Å². The van der Waals surface area contributed by atoms with E-state index in [4.69, 9.17) is 0 Å². The second-order valence-electron chi connectivity index (χ2n) is 6.14. The third kappa shape index (κ3) is 7.87. The van der Waals surface area contributed by atoms with Crippen LogP contribution in [0.3, 0.4) is 0 Å². The number of carbonyl (C=O) groups is 1. The van der Waals surface area contributed by atoms with E-state index in [1.807, 2.05) is 6.20 Å². The molecule has 132 valence electrons. The van der Waals surface area contributed by atoms with Crippen LogP contribution < -0.4 is 0 Å². The number of hydrogen-bond donors (Lipinski definition) is 0. The van der Waals surface area contributed by atoms with Gasteiger partial charge in [0.05, 0.1) is 6.42 Å². The lowest BCUT2D eigenvalue weighted by Gasteiger charge is -2.15. The molecule has 0 fully saturated rings. The minimum atomic E-state index is 0.182. The van der Waals surface area contributed by atoms with E-state index in [0.717, 1.165) is 17.3 Å². The lowest BCUT2D eigenvalue weighted by atomic mass is 9.91. The zero-order chi connectivity index (χ0) is 17.8. The number of benzene rings is 1. The van der Waals surface area contributed by atoms with Gasteiger partial charge in [0.2, 0.25) is 0 Å². The number of rotatable bonds is 8. The van der Waals surface area contributed by atoms with Crippen molar-refractivity contribution in [3.63, 3.8) is 0 Å². The summed E-state index contributed by atoms with van der Waals surface area (Å²) in [6, 6.07) is 10.9. The summed E-state index contributed by atoms with van der Waals surface area (Å²) in [7, 11) is 0. The van der Waals surface area contributed by atoms with Gasteiger partial charge in [-0.3, -0.25) is 4.79 Å². The highest BCUT2D eigenvalue weighted by molar-refractivity contribution is 7.11. The van der Waals surface area contributed by atoms with Crippen molar-refractivity contribution in [1.82, 2.24) is 4.98 Å². The number of thiazole rings is 1. The Morgan fingerprint density at radius 1 is 1.08 bits per heavy atom. The predicted octanol–water partition coefficient (Wildman–Crippen LogP) is 6.21. The van der Waals surface area contributed by atoms with Gasteiger partial charge in [-0.25, -0.2) is 4.98 Å². The molecule has 0 unspecified atom stereocenters. The van der Waals surface area contributed by atoms with Crippen molar-refractivity contribution in [3.05, 3.63) is 52.0 Å². The molecule has 0 aliphatic heterocycles. The van der Waals surface area contributed by atoms with Crippen LogP contribution in [-0.4, -0.2) is 10.8 Å². The van der Waals surface area contributed by atoms with E-state index >= 15 is 0 Å². The summed E-state index contributed by atoms with van der Waals surface area (Å²) < 4.78 is 0. The molecule has 1 aromatic carbocycles. The van der Waals surface area contributed by atoms with Gasteiger partial charge in [-0.05, 0) is 37.7 Å². The first kappa shape index (κ1) is 20.6. The number of carbonyl (C=O) groups excluding carboxylic acids is 1. The summed E-state index contributed by atoms with van der Waals surface area (Å²) in [5, 5.41) is 0.939. The molecule has 2 rings (SSSR count). The molecule has 24 heavy (non-hydrogen) atoms. The van der Waals surface area contributed by atoms with Crippen LogP contribution in [0.2, 0.25) is 0 Å². The molecule has 0 N–H and O–H groups in total. The Balaban J connectivity index is 0.000000243. The number of aryl methyl sites for hydroxylation is 1. The molecule has 0 amide bonds. The Morgan fingerprint density at radius 3 is 2.17 bits per heavy atom. The van der Waals surface area contributed by atoms with Crippen molar-refractivity contribution < 1.29 is 4.79 Å². The minimum absolute atomic E-state index is 0.182. The summed E-state index contributed by atoms with van der Waals surface area (Å²) >= 11 is 1.63. The van der Waals surface area contributed by atoms with Crippen molar-refractivity contribution in [3.8, 4) is 0 Å². The van der Waals surface area contributed by atoms with Crippen LogP contribution in [0.25, 0.3) is 0 Å². The fourth-order valence-corrected chi connectivity index (χ4v) is 3.64. The highest BCUT2D eigenvalue weighted by Gasteiger charge is 2.08.